The van der Waals surface area contributed by atoms with Crippen LogP contribution >= 0.6 is 0 Å². The van der Waals surface area contributed by atoms with Crippen molar-refractivity contribution in [3.05, 3.63) is 35.4 Å². The van der Waals surface area contributed by atoms with Gasteiger partial charge in [-0.1, -0.05) is 24.3 Å². The second kappa shape index (κ2) is 8.13. The second-order valence-electron chi connectivity index (χ2n) is 7.29. The molecule has 1 amide bonds. The third-order valence-corrected chi connectivity index (χ3v) is 5.42. The first kappa shape index (κ1) is 17.4. The van der Waals surface area contributed by atoms with Crippen LogP contribution in [-0.2, 0) is 22.5 Å². The quantitative estimate of drug-likeness (QED) is 0.872. The molecular weight excluding hydrogens is 300 g/mol. The Balaban J connectivity index is 1.46. The molecule has 1 N–H and O–H groups in total. The second-order valence-corrected chi connectivity index (χ2v) is 7.29. The van der Waals surface area contributed by atoms with Crippen LogP contribution in [0, 0.1) is 0 Å². The zero-order chi connectivity index (χ0) is 16.9. The summed E-state index contributed by atoms with van der Waals surface area (Å²) in [6, 6.07) is 8.69. The summed E-state index contributed by atoms with van der Waals surface area (Å²) in [4.78, 5) is 14.9. The van der Waals surface area contributed by atoms with Crippen LogP contribution < -0.4 is 5.32 Å². The molecule has 24 heavy (non-hydrogen) atoms. The molecule has 0 bridgehead atoms. The van der Waals surface area contributed by atoms with Gasteiger partial charge in [0.05, 0.1) is 12.1 Å². The van der Waals surface area contributed by atoms with E-state index in [2.05, 4.69) is 41.4 Å². The third-order valence-electron chi connectivity index (χ3n) is 5.42. The van der Waals surface area contributed by atoms with Gasteiger partial charge in [0.2, 0.25) is 5.91 Å². The zero-order valence-electron chi connectivity index (χ0n) is 15.0. The van der Waals surface area contributed by atoms with Gasteiger partial charge in [-0.2, -0.15) is 0 Å². The van der Waals surface area contributed by atoms with E-state index >= 15 is 0 Å². The Labute approximate surface area is 145 Å². The monoisotopic (exact) mass is 330 g/mol. The molecule has 1 aromatic rings. The molecule has 3 atom stereocenters. The maximum atomic E-state index is 12.6. The first-order valence-corrected chi connectivity index (χ1v) is 9.36. The van der Waals surface area contributed by atoms with Crippen LogP contribution in [0.3, 0.4) is 0 Å². The number of fused-ring (bicyclic) bond motifs is 1. The van der Waals surface area contributed by atoms with Crippen molar-refractivity contribution >= 4 is 5.91 Å². The van der Waals surface area contributed by atoms with Crippen LogP contribution in [-0.4, -0.2) is 42.1 Å². The molecule has 132 valence electrons. The van der Waals surface area contributed by atoms with E-state index in [1.54, 1.807) is 0 Å². The summed E-state index contributed by atoms with van der Waals surface area (Å²) in [5.74, 6) is 0.147. The number of rotatable bonds is 6. The normalized spacial score (nSPS) is 23.5. The Morgan fingerprint density at radius 3 is 2.88 bits per heavy atom. The number of nitrogens with zero attached hydrogens (tertiary/aromatic N) is 1. The van der Waals surface area contributed by atoms with E-state index < -0.39 is 0 Å². The van der Waals surface area contributed by atoms with Gasteiger partial charge in [0.15, 0.2) is 0 Å². The van der Waals surface area contributed by atoms with E-state index in [1.165, 1.54) is 24.0 Å². The number of nitrogens with one attached hydrogen (secondary N) is 1. The van der Waals surface area contributed by atoms with Gasteiger partial charge in [-0.25, -0.2) is 0 Å². The van der Waals surface area contributed by atoms with Gasteiger partial charge in [-0.3, -0.25) is 9.69 Å². The summed E-state index contributed by atoms with van der Waals surface area (Å²) in [6.45, 7) is 6.85. The molecule has 1 saturated heterocycles. The Morgan fingerprint density at radius 1 is 1.33 bits per heavy atom. The fourth-order valence-electron chi connectivity index (χ4n) is 3.76. The Kier molecular flexibility index (Phi) is 5.90. The lowest BCUT2D eigenvalue weighted by atomic mass is 9.98. The zero-order valence-corrected chi connectivity index (χ0v) is 15.0. The molecule has 2 aliphatic rings. The van der Waals surface area contributed by atoms with Crippen molar-refractivity contribution in [1.29, 1.82) is 0 Å². The number of amides is 1. The Hall–Kier alpha value is -1.39. The fourth-order valence-corrected chi connectivity index (χ4v) is 3.76. The van der Waals surface area contributed by atoms with Gasteiger partial charge in [0.25, 0.3) is 0 Å². The summed E-state index contributed by atoms with van der Waals surface area (Å²) in [6.07, 6.45) is 5.82. The van der Waals surface area contributed by atoms with E-state index in [1.807, 2.05) is 6.92 Å². The highest BCUT2D eigenvalue weighted by Crippen LogP contribution is 2.21. The minimum absolute atomic E-state index is 0.0801. The molecule has 1 fully saturated rings. The van der Waals surface area contributed by atoms with Crippen LogP contribution in [0.5, 0.6) is 0 Å². The summed E-state index contributed by atoms with van der Waals surface area (Å²) in [5.41, 5.74) is 2.78. The minimum Gasteiger partial charge on any atom is -0.378 e. The summed E-state index contributed by atoms with van der Waals surface area (Å²) >= 11 is 0. The highest BCUT2D eigenvalue weighted by Gasteiger charge is 2.26. The van der Waals surface area contributed by atoms with Crippen LogP contribution in [0.1, 0.15) is 50.7 Å². The maximum Gasteiger partial charge on any atom is 0.237 e. The lowest BCUT2D eigenvalue weighted by Gasteiger charge is -2.33. The predicted octanol–water partition coefficient (Wildman–Crippen LogP) is 2.90. The molecule has 0 radical (unpaired) electrons. The van der Waals surface area contributed by atoms with Crippen molar-refractivity contribution in [3.63, 3.8) is 0 Å². The molecular formula is C20H30N2O2. The average molecular weight is 330 g/mol. The van der Waals surface area contributed by atoms with E-state index in [-0.39, 0.29) is 18.0 Å². The first-order chi connectivity index (χ1) is 11.6. The fraction of sp³-hybridized carbons (Fsp3) is 0.650. The van der Waals surface area contributed by atoms with Crippen LogP contribution in [0.2, 0.25) is 0 Å². The van der Waals surface area contributed by atoms with Crippen LogP contribution in [0.4, 0.5) is 0 Å². The van der Waals surface area contributed by atoms with Crippen molar-refractivity contribution in [1.82, 2.24) is 10.2 Å². The number of carbonyl (C=O) groups is 1. The summed E-state index contributed by atoms with van der Waals surface area (Å²) in [7, 11) is 0. The molecule has 4 nitrogen and oxygen atoms in total. The SMILES string of the molecule is C[C@H](CC[C@@H]1CCCO1)NC(=O)[C@@H](C)N1CCc2ccccc2C1. The van der Waals surface area contributed by atoms with Gasteiger partial charge in [-0.05, 0) is 57.1 Å². The van der Waals surface area contributed by atoms with Gasteiger partial charge in [-0.15, -0.1) is 0 Å². The lowest BCUT2D eigenvalue weighted by molar-refractivity contribution is -0.126. The smallest absolute Gasteiger partial charge is 0.237 e. The molecule has 2 heterocycles. The number of carbonyl (C=O) groups excluding carboxylic acids is 1. The topological polar surface area (TPSA) is 41.6 Å². The van der Waals surface area contributed by atoms with Crippen molar-refractivity contribution < 1.29 is 9.53 Å². The highest BCUT2D eigenvalue weighted by atomic mass is 16.5. The van der Waals surface area contributed by atoms with Gasteiger partial charge >= 0.3 is 0 Å². The molecule has 0 unspecified atom stereocenters. The van der Waals surface area contributed by atoms with E-state index in [0.29, 0.717) is 6.10 Å². The van der Waals surface area contributed by atoms with Crippen LogP contribution in [0.15, 0.2) is 24.3 Å². The summed E-state index contributed by atoms with van der Waals surface area (Å²) < 4.78 is 5.66. The van der Waals surface area contributed by atoms with Crippen LogP contribution in [0.25, 0.3) is 0 Å². The van der Waals surface area contributed by atoms with Gasteiger partial charge in [0, 0.05) is 25.7 Å². The average Bonchev–Trinajstić information content (AvgIpc) is 3.12. The number of ether oxygens (including phenoxy) is 1. The van der Waals surface area contributed by atoms with E-state index in [0.717, 1.165) is 39.0 Å². The molecule has 3 rings (SSSR count). The van der Waals surface area contributed by atoms with Crippen molar-refractivity contribution in [2.75, 3.05) is 13.2 Å². The largest absolute Gasteiger partial charge is 0.378 e. The third kappa shape index (κ3) is 4.37. The van der Waals surface area contributed by atoms with E-state index in [4.69, 9.17) is 4.74 Å². The first-order valence-electron chi connectivity index (χ1n) is 9.36. The van der Waals surface area contributed by atoms with Gasteiger partial charge in [0.1, 0.15) is 0 Å². The molecule has 0 aliphatic carbocycles. The molecule has 0 spiro atoms. The standard InChI is InChI=1S/C20H30N2O2/c1-15(9-10-19-8-5-13-24-19)21-20(23)16(2)22-12-11-17-6-3-4-7-18(17)14-22/h3-4,6-7,15-16,19H,5,8-14H2,1-2H3,(H,21,23)/t15-,16-,19+/m1/s1. The number of hydrogen-bond donors (Lipinski definition) is 1. The number of benzene rings is 1. The van der Waals surface area contributed by atoms with E-state index in [9.17, 15) is 4.79 Å². The van der Waals surface area contributed by atoms with Crippen molar-refractivity contribution in [2.45, 2.75) is 70.7 Å². The molecule has 0 aromatic heterocycles. The van der Waals surface area contributed by atoms with Gasteiger partial charge < -0.3 is 10.1 Å². The Morgan fingerprint density at radius 2 is 2.12 bits per heavy atom. The predicted molar refractivity (Wildman–Crippen MR) is 95.8 cm³/mol. The molecule has 1 aromatic carbocycles. The Bertz CT molecular complexity index is 554. The summed E-state index contributed by atoms with van der Waals surface area (Å²) in [5, 5.41) is 3.19. The minimum atomic E-state index is -0.0801. The highest BCUT2D eigenvalue weighted by molar-refractivity contribution is 5.81. The van der Waals surface area contributed by atoms with Crippen molar-refractivity contribution in [2.24, 2.45) is 0 Å². The van der Waals surface area contributed by atoms with Crippen molar-refractivity contribution in [3.8, 4) is 0 Å². The lowest BCUT2D eigenvalue weighted by Crippen LogP contribution is -2.49. The maximum absolute atomic E-state index is 12.6. The number of hydrogen-bond acceptors (Lipinski definition) is 3. The molecule has 0 saturated carbocycles. The molecule has 2 aliphatic heterocycles. The molecule has 4 heteroatoms.